The van der Waals surface area contributed by atoms with Crippen molar-refractivity contribution in [3.05, 3.63) is 0 Å². The number of nitrogens with zero attached hydrogens (tertiary/aromatic N) is 1. The van der Waals surface area contributed by atoms with Gasteiger partial charge in [0.15, 0.2) is 0 Å². The van der Waals surface area contributed by atoms with Crippen LogP contribution < -0.4 is 0 Å². The van der Waals surface area contributed by atoms with Gasteiger partial charge in [-0.25, -0.2) is 0 Å². The highest BCUT2D eigenvalue weighted by atomic mass is 15.2. The van der Waals surface area contributed by atoms with E-state index in [1.807, 2.05) is 0 Å². The van der Waals surface area contributed by atoms with Crippen LogP contribution in [0.25, 0.3) is 0 Å². The average Bonchev–Trinajstić information content (AvgIpc) is 2.57. The SMILES string of the molecule is CCCCN1C[C@@H](C(C)(C)C)C[C@H]1CC. The van der Waals surface area contributed by atoms with Crippen molar-refractivity contribution in [1.29, 1.82) is 0 Å². The maximum Gasteiger partial charge on any atom is 0.00960 e. The zero-order valence-corrected chi connectivity index (χ0v) is 11.3. The Morgan fingerprint density at radius 3 is 2.33 bits per heavy atom. The maximum atomic E-state index is 2.74. The number of rotatable bonds is 4. The minimum absolute atomic E-state index is 0.494. The number of hydrogen-bond donors (Lipinski definition) is 0. The first kappa shape index (κ1) is 13.0. The Morgan fingerprint density at radius 2 is 1.87 bits per heavy atom. The van der Waals surface area contributed by atoms with E-state index in [1.165, 1.54) is 38.8 Å². The molecule has 0 N–H and O–H groups in total. The Labute approximate surface area is 96.2 Å². The first-order chi connectivity index (χ1) is 6.99. The molecule has 1 nitrogen and oxygen atoms in total. The van der Waals surface area contributed by atoms with Gasteiger partial charge in [0, 0.05) is 12.6 Å². The quantitative estimate of drug-likeness (QED) is 0.681. The molecule has 0 aromatic heterocycles. The lowest BCUT2D eigenvalue weighted by Gasteiger charge is -2.27. The molecule has 1 rings (SSSR count). The maximum absolute atomic E-state index is 2.74. The summed E-state index contributed by atoms with van der Waals surface area (Å²) in [4.78, 5) is 2.74. The van der Waals surface area contributed by atoms with Crippen molar-refractivity contribution in [2.24, 2.45) is 11.3 Å². The lowest BCUT2D eigenvalue weighted by Crippen LogP contribution is -2.30. The van der Waals surface area contributed by atoms with Crippen LogP contribution >= 0.6 is 0 Å². The fraction of sp³-hybridized carbons (Fsp3) is 1.00. The summed E-state index contributed by atoms with van der Waals surface area (Å²) in [5.74, 6) is 0.902. The van der Waals surface area contributed by atoms with Crippen molar-refractivity contribution in [3.8, 4) is 0 Å². The highest BCUT2D eigenvalue weighted by Crippen LogP contribution is 2.37. The van der Waals surface area contributed by atoms with Gasteiger partial charge in [-0.2, -0.15) is 0 Å². The van der Waals surface area contributed by atoms with E-state index in [-0.39, 0.29) is 0 Å². The molecule has 0 aromatic rings. The molecule has 1 saturated heterocycles. The monoisotopic (exact) mass is 211 g/mol. The van der Waals surface area contributed by atoms with Gasteiger partial charge in [0.1, 0.15) is 0 Å². The Hall–Kier alpha value is -0.0400. The average molecular weight is 211 g/mol. The van der Waals surface area contributed by atoms with Crippen molar-refractivity contribution in [3.63, 3.8) is 0 Å². The summed E-state index contributed by atoms with van der Waals surface area (Å²) in [6, 6.07) is 0.862. The standard InChI is InChI=1S/C14H29N/c1-6-8-9-15-11-12(14(3,4)5)10-13(15)7-2/h12-13H,6-11H2,1-5H3/t12-,13+/m0/s1. The zero-order valence-electron chi connectivity index (χ0n) is 11.3. The molecule has 0 amide bonds. The van der Waals surface area contributed by atoms with Crippen LogP contribution in [0.3, 0.4) is 0 Å². The highest BCUT2D eigenvalue weighted by molar-refractivity contribution is 4.89. The molecule has 0 aliphatic carbocycles. The van der Waals surface area contributed by atoms with Gasteiger partial charge in [0.2, 0.25) is 0 Å². The molecule has 2 atom stereocenters. The van der Waals surface area contributed by atoms with Gasteiger partial charge in [-0.3, -0.25) is 0 Å². The highest BCUT2D eigenvalue weighted by Gasteiger charge is 2.36. The molecule has 0 radical (unpaired) electrons. The van der Waals surface area contributed by atoms with Gasteiger partial charge < -0.3 is 4.90 Å². The second-order valence-electron chi connectivity index (χ2n) is 6.21. The molecule has 0 bridgehead atoms. The second kappa shape index (κ2) is 5.34. The van der Waals surface area contributed by atoms with E-state index in [1.54, 1.807) is 0 Å². The van der Waals surface area contributed by atoms with E-state index in [0.29, 0.717) is 5.41 Å². The van der Waals surface area contributed by atoms with Crippen LogP contribution in [-0.2, 0) is 0 Å². The summed E-state index contributed by atoms with van der Waals surface area (Å²) in [6.07, 6.45) is 5.44. The van der Waals surface area contributed by atoms with Crippen molar-refractivity contribution < 1.29 is 0 Å². The van der Waals surface area contributed by atoms with Crippen LogP contribution in [-0.4, -0.2) is 24.0 Å². The molecule has 1 aliphatic heterocycles. The molecule has 15 heavy (non-hydrogen) atoms. The summed E-state index contributed by atoms with van der Waals surface area (Å²) in [6.45, 7) is 14.5. The number of unbranched alkanes of at least 4 members (excludes halogenated alkanes) is 1. The summed E-state index contributed by atoms with van der Waals surface area (Å²) >= 11 is 0. The molecule has 0 aromatic carbocycles. The van der Waals surface area contributed by atoms with E-state index in [9.17, 15) is 0 Å². The number of hydrogen-bond acceptors (Lipinski definition) is 1. The third kappa shape index (κ3) is 3.48. The summed E-state index contributed by atoms with van der Waals surface area (Å²) in [5, 5.41) is 0. The van der Waals surface area contributed by atoms with Gasteiger partial charge in [0.05, 0.1) is 0 Å². The van der Waals surface area contributed by atoms with Crippen LogP contribution in [0, 0.1) is 11.3 Å². The minimum Gasteiger partial charge on any atom is -0.300 e. The second-order valence-corrected chi connectivity index (χ2v) is 6.21. The van der Waals surface area contributed by atoms with E-state index in [0.717, 1.165) is 12.0 Å². The number of likely N-dealkylation sites (tertiary alicyclic amines) is 1. The molecule has 1 heteroatoms. The summed E-state index contributed by atoms with van der Waals surface area (Å²) in [7, 11) is 0. The Balaban J connectivity index is 2.51. The van der Waals surface area contributed by atoms with Gasteiger partial charge in [-0.15, -0.1) is 0 Å². The molecular weight excluding hydrogens is 182 g/mol. The fourth-order valence-corrected chi connectivity index (χ4v) is 2.67. The third-order valence-electron chi connectivity index (χ3n) is 4.02. The van der Waals surface area contributed by atoms with E-state index >= 15 is 0 Å². The largest absolute Gasteiger partial charge is 0.300 e. The van der Waals surface area contributed by atoms with Crippen LogP contribution in [0.2, 0.25) is 0 Å². The molecule has 1 heterocycles. The first-order valence-corrected chi connectivity index (χ1v) is 6.73. The Morgan fingerprint density at radius 1 is 1.20 bits per heavy atom. The molecule has 90 valence electrons. The third-order valence-corrected chi connectivity index (χ3v) is 4.02. The molecule has 0 unspecified atom stereocenters. The molecule has 1 fully saturated rings. The lowest BCUT2D eigenvalue weighted by molar-refractivity contribution is 0.215. The van der Waals surface area contributed by atoms with Gasteiger partial charge in [-0.1, -0.05) is 41.0 Å². The van der Waals surface area contributed by atoms with Crippen LogP contribution in [0.15, 0.2) is 0 Å². The van der Waals surface area contributed by atoms with Crippen LogP contribution in [0.4, 0.5) is 0 Å². The predicted octanol–water partition coefficient (Wildman–Crippen LogP) is 3.93. The van der Waals surface area contributed by atoms with Gasteiger partial charge in [-0.05, 0) is 37.1 Å². The molecule has 0 saturated carbocycles. The van der Waals surface area contributed by atoms with Crippen molar-refractivity contribution in [2.45, 2.75) is 66.3 Å². The smallest absolute Gasteiger partial charge is 0.00960 e. The van der Waals surface area contributed by atoms with Crippen LogP contribution in [0.5, 0.6) is 0 Å². The van der Waals surface area contributed by atoms with Gasteiger partial charge in [0.25, 0.3) is 0 Å². The summed E-state index contributed by atoms with van der Waals surface area (Å²) < 4.78 is 0. The van der Waals surface area contributed by atoms with Crippen molar-refractivity contribution >= 4 is 0 Å². The fourth-order valence-electron chi connectivity index (χ4n) is 2.67. The normalized spacial score (nSPS) is 28.6. The lowest BCUT2D eigenvalue weighted by atomic mass is 9.79. The van der Waals surface area contributed by atoms with Crippen molar-refractivity contribution in [1.82, 2.24) is 4.90 Å². The van der Waals surface area contributed by atoms with E-state index < -0.39 is 0 Å². The molecule has 1 aliphatic rings. The van der Waals surface area contributed by atoms with Gasteiger partial charge >= 0.3 is 0 Å². The van der Waals surface area contributed by atoms with Crippen LogP contribution in [0.1, 0.15) is 60.3 Å². The predicted molar refractivity (Wildman–Crippen MR) is 68.1 cm³/mol. The van der Waals surface area contributed by atoms with Crippen molar-refractivity contribution in [2.75, 3.05) is 13.1 Å². The molecule has 0 spiro atoms. The first-order valence-electron chi connectivity index (χ1n) is 6.73. The van der Waals surface area contributed by atoms with E-state index in [2.05, 4.69) is 39.5 Å². The zero-order chi connectivity index (χ0) is 11.5. The van der Waals surface area contributed by atoms with E-state index in [4.69, 9.17) is 0 Å². The Bertz CT molecular complexity index is 180. The minimum atomic E-state index is 0.494. The Kier molecular flexibility index (Phi) is 4.64. The topological polar surface area (TPSA) is 3.24 Å². The molecular formula is C14H29N. The summed E-state index contributed by atoms with van der Waals surface area (Å²) in [5.41, 5.74) is 0.494.